The van der Waals surface area contributed by atoms with Crippen molar-refractivity contribution in [2.75, 3.05) is 0 Å². The summed E-state index contributed by atoms with van der Waals surface area (Å²) < 4.78 is 0. The molecule has 0 rings (SSSR count). The van der Waals surface area contributed by atoms with Crippen molar-refractivity contribution in [1.82, 2.24) is 0 Å². The molecule has 1 atom stereocenters. The van der Waals surface area contributed by atoms with Crippen LogP contribution in [-0.4, -0.2) is 21.8 Å². The first-order valence-corrected chi connectivity index (χ1v) is 3.06. The van der Waals surface area contributed by atoms with Crippen molar-refractivity contribution in [3.05, 3.63) is 12.2 Å². The molecule has 0 bridgehead atoms. The fraction of sp³-hybridized carbons (Fsp3) is 0.571. The van der Waals surface area contributed by atoms with Gasteiger partial charge in [-0.1, -0.05) is 12.2 Å². The van der Waals surface area contributed by atoms with Crippen LogP contribution in [0, 0.1) is 0 Å². The van der Waals surface area contributed by atoms with Crippen molar-refractivity contribution in [2.24, 2.45) is 0 Å². The van der Waals surface area contributed by atoms with E-state index in [1.807, 2.05) is 0 Å². The van der Waals surface area contributed by atoms with E-state index in [-0.39, 0.29) is 6.42 Å². The molecule has 0 aliphatic carbocycles. The number of hydrogen-bond donors (Lipinski definition) is 2. The number of rotatable bonds is 3. The van der Waals surface area contributed by atoms with Crippen molar-refractivity contribution in [2.45, 2.75) is 25.9 Å². The van der Waals surface area contributed by atoms with E-state index in [0.717, 1.165) is 0 Å². The standard InChI is InChI=1S/C7H12O3/c1-3-4-7(2,10)5-6(8)9/h3-4,10H,5H2,1-2H3,(H,8,9)/b4-3+. The van der Waals surface area contributed by atoms with Crippen LogP contribution in [0.2, 0.25) is 0 Å². The molecule has 3 heteroatoms. The number of hydrogen-bond acceptors (Lipinski definition) is 2. The molecule has 58 valence electrons. The third-order valence-electron chi connectivity index (χ3n) is 1.03. The SMILES string of the molecule is C/C=C/C(C)(O)CC(=O)O. The predicted octanol–water partition coefficient (Wildman–Crippen LogP) is 0.788. The minimum absolute atomic E-state index is 0.253. The van der Waals surface area contributed by atoms with Crippen LogP contribution in [-0.2, 0) is 4.79 Å². The van der Waals surface area contributed by atoms with Crippen LogP contribution in [0.1, 0.15) is 20.3 Å². The van der Waals surface area contributed by atoms with E-state index in [1.54, 1.807) is 13.0 Å². The number of carbonyl (C=O) groups is 1. The molecule has 0 aliphatic rings. The molecule has 1 unspecified atom stereocenters. The molecule has 2 N–H and O–H groups in total. The van der Waals surface area contributed by atoms with Gasteiger partial charge in [0.15, 0.2) is 0 Å². The highest BCUT2D eigenvalue weighted by atomic mass is 16.4. The van der Waals surface area contributed by atoms with Crippen molar-refractivity contribution >= 4 is 5.97 Å². The summed E-state index contributed by atoms with van der Waals surface area (Å²) in [4.78, 5) is 10.1. The van der Waals surface area contributed by atoms with Gasteiger partial charge in [0.2, 0.25) is 0 Å². The fourth-order valence-electron chi connectivity index (χ4n) is 0.724. The van der Waals surface area contributed by atoms with E-state index >= 15 is 0 Å². The third-order valence-corrected chi connectivity index (χ3v) is 1.03. The fourth-order valence-corrected chi connectivity index (χ4v) is 0.724. The summed E-state index contributed by atoms with van der Waals surface area (Å²) in [6, 6.07) is 0. The summed E-state index contributed by atoms with van der Waals surface area (Å²) >= 11 is 0. The van der Waals surface area contributed by atoms with Crippen LogP contribution >= 0.6 is 0 Å². The molecule has 0 saturated heterocycles. The van der Waals surface area contributed by atoms with Crippen molar-refractivity contribution in [3.63, 3.8) is 0 Å². The molecule has 0 saturated carbocycles. The second kappa shape index (κ2) is 3.37. The van der Waals surface area contributed by atoms with E-state index in [9.17, 15) is 9.90 Å². The van der Waals surface area contributed by atoms with Gasteiger partial charge in [-0.3, -0.25) is 4.79 Å². The highest BCUT2D eigenvalue weighted by Gasteiger charge is 2.19. The average Bonchev–Trinajstić information content (AvgIpc) is 1.59. The van der Waals surface area contributed by atoms with Crippen molar-refractivity contribution in [3.8, 4) is 0 Å². The molecule has 10 heavy (non-hydrogen) atoms. The van der Waals surface area contributed by atoms with E-state index in [0.29, 0.717) is 0 Å². The zero-order valence-corrected chi connectivity index (χ0v) is 6.16. The normalized spacial score (nSPS) is 17.1. The Bertz CT molecular complexity index is 147. The Balaban J connectivity index is 3.99. The molecule has 0 fully saturated rings. The lowest BCUT2D eigenvalue weighted by Gasteiger charge is -2.14. The van der Waals surface area contributed by atoms with Crippen LogP contribution in [0.25, 0.3) is 0 Å². The maximum atomic E-state index is 10.1. The van der Waals surface area contributed by atoms with Gasteiger partial charge in [-0.25, -0.2) is 0 Å². The summed E-state index contributed by atoms with van der Waals surface area (Å²) in [6.07, 6.45) is 2.83. The monoisotopic (exact) mass is 144 g/mol. The zero-order valence-electron chi connectivity index (χ0n) is 6.16. The number of allylic oxidation sites excluding steroid dienone is 1. The number of carboxylic acid groups (broad SMARTS) is 1. The predicted molar refractivity (Wildman–Crippen MR) is 37.7 cm³/mol. The summed E-state index contributed by atoms with van der Waals surface area (Å²) in [7, 11) is 0. The Morgan fingerprint density at radius 1 is 1.70 bits per heavy atom. The summed E-state index contributed by atoms with van der Waals surface area (Å²) in [5.41, 5.74) is -1.21. The Kier molecular flexibility index (Phi) is 3.09. The van der Waals surface area contributed by atoms with Gasteiger partial charge in [0.1, 0.15) is 0 Å². The molecule has 0 aromatic carbocycles. The van der Waals surface area contributed by atoms with Crippen LogP contribution in [0.4, 0.5) is 0 Å². The lowest BCUT2D eigenvalue weighted by atomic mass is 10.0. The number of aliphatic hydroxyl groups is 1. The summed E-state index contributed by atoms with van der Waals surface area (Å²) in [5, 5.41) is 17.5. The highest BCUT2D eigenvalue weighted by Crippen LogP contribution is 2.10. The Labute approximate surface area is 60.0 Å². The molecule has 0 aromatic rings. The highest BCUT2D eigenvalue weighted by molar-refractivity contribution is 5.68. The van der Waals surface area contributed by atoms with Gasteiger partial charge in [0, 0.05) is 0 Å². The van der Waals surface area contributed by atoms with Gasteiger partial charge < -0.3 is 10.2 Å². The van der Waals surface area contributed by atoms with Crippen LogP contribution in [0.15, 0.2) is 12.2 Å². The lowest BCUT2D eigenvalue weighted by molar-refractivity contribution is -0.140. The van der Waals surface area contributed by atoms with Crippen LogP contribution in [0.5, 0.6) is 0 Å². The van der Waals surface area contributed by atoms with Gasteiger partial charge >= 0.3 is 5.97 Å². The maximum absolute atomic E-state index is 10.1. The van der Waals surface area contributed by atoms with Crippen LogP contribution < -0.4 is 0 Å². The molecule has 0 radical (unpaired) electrons. The maximum Gasteiger partial charge on any atom is 0.306 e. The molecular formula is C7H12O3. The second-order valence-corrected chi connectivity index (χ2v) is 2.43. The Morgan fingerprint density at radius 3 is 2.50 bits per heavy atom. The molecule has 0 heterocycles. The number of aliphatic carboxylic acids is 1. The topological polar surface area (TPSA) is 57.5 Å². The average molecular weight is 144 g/mol. The number of carboxylic acids is 1. The largest absolute Gasteiger partial charge is 0.481 e. The van der Waals surface area contributed by atoms with Crippen molar-refractivity contribution in [1.29, 1.82) is 0 Å². The lowest BCUT2D eigenvalue weighted by Crippen LogP contribution is -2.24. The van der Waals surface area contributed by atoms with E-state index in [2.05, 4.69) is 0 Å². The first-order chi connectivity index (χ1) is 4.48. The van der Waals surface area contributed by atoms with E-state index < -0.39 is 11.6 Å². The van der Waals surface area contributed by atoms with E-state index in [1.165, 1.54) is 13.0 Å². The smallest absolute Gasteiger partial charge is 0.306 e. The van der Waals surface area contributed by atoms with Gasteiger partial charge in [-0.2, -0.15) is 0 Å². The van der Waals surface area contributed by atoms with E-state index in [4.69, 9.17) is 5.11 Å². The van der Waals surface area contributed by atoms with Crippen LogP contribution in [0.3, 0.4) is 0 Å². The molecule has 0 spiro atoms. The molecular weight excluding hydrogens is 132 g/mol. The third kappa shape index (κ3) is 4.09. The Hall–Kier alpha value is -0.830. The molecule has 0 amide bonds. The van der Waals surface area contributed by atoms with Gasteiger partial charge in [0.25, 0.3) is 0 Å². The molecule has 3 nitrogen and oxygen atoms in total. The zero-order chi connectivity index (χ0) is 8.20. The van der Waals surface area contributed by atoms with Gasteiger partial charge in [0.05, 0.1) is 12.0 Å². The van der Waals surface area contributed by atoms with Gasteiger partial charge in [-0.15, -0.1) is 0 Å². The summed E-state index contributed by atoms with van der Waals surface area (Å²) in [5.74, 6) is -0.997. The Morgan fingerprint density at radius 2 is 2.20 bits per heavy atom. The molecule has 0 aromatic heterocycles. The van der Waals surface area contributed by atoms with Crippen molar-refractivity contribution < 1.29 is 15.0 Å². The quantitative estimate of drug-likeness (QED) is 0.576. The first kappa shape index (κ1) is 9.17. The van der Waals surface area contributed by atoms with Gasteiger partial charge in [-0.05, 0) is 13.8 Å². The second-order valence-electron chi connectivity index (χ2n) is 2.43. The minimum Gasteiger partial charge on any atom is -0.481 e. The first-order valence-electron chi connectivity index (χ1n) is 3.06. The molecule has 0 aliphatic heterocycles. The summed E-state index contributed by atoms with van der Waals surface area (Å²) in [6.45, 7) is 3.19. The minimum atomic E-state index is -1.21.